The van der Waals surface area contributed by atoms with Crippen molar-refractivity contribution in [3.05, 3.63) is 23.5 Å². The predicted molar refractivity (Wildman–Crippen MR) is 58.8 cm³/mol. The molecular weight excluding hydrogens is 174 g/mol. The van der Waals surface area contributed by atoms with Crippen molar-refractivity contribution in [2.75, 3.05) is 0 Å². The quantitative estimate of drug-likeness (QED) is 0.658. The summed E-state index contributed by atoms with van der Waals surface area (Å²) in [5.41, 5.74) is 2.06. The molecule has 2 nitrogen and oxygen atoms in total. The first-order valence-electron chi connectivity index (χ1n) is 5.34. The van der Waals surface area contributed by atoms with E-state index in [-0.39, 0.29) is 0 Å². The Morgan fingerprint density at radius 2 is 2.21 bits per heavy atom. The van der Waals surface area contributed by atoms with Crippen LogP contribution in [0.1, 0.15) is 55.6 Å². The van der Waals surface area contributed by atoms with Crippen molar-refractivity contribution in [1.29, 1.82) is 0 Å². The van der Waals surface area contributed by atoms with Crippen LogP contribution in [0.25, 0.3) is 0 Å². The van der Waals surface area contributed by atoms with Gasteiger partial charge in [0.2, 0.25) is 0 Å². The normalized spacial score (nSPS) is 10.9. The van der Waals surface area contributed by atoms with Gasteiger partial charge >= 0.3 is 0 Å². The molecule has 0 aromatic carbocycles. The Labute approximate surface area is 85.9 Å². The lowest BCUT2D eigenvalue weighted by Crippen LogP contribution is -2.00. The van der Waals surface area contributed by atoms with Crippen molar-refractivity contribution < 1.29 is 4.79 Å². The van der Waals surface area contributed by atoms with E-state index in [9.17, 15) is 4.79 Å². The minimum atomic E-state index is 0.497. The van der Waals surface area contributed by atoms with Gasteiger partial charge in [-0.05, 0) is 24.0 Å². The monoisotopic (exact) mass is 193 g/mol. The van der Waals surface area contributed by atoms with Gasteiger partial charge in [0.15, 0.2) is 6.29 Å². The van der Waals surface area contributed by atoms with Crippen LogP contribution in [0.4, 0.5) is 0 Å². The van der Waals surface area contributed by atoms with Crippen molar-refractivity contribution in [2.45, 2.75) is 46.1 Å². The summed E-state index contributed by atoms with van der Waals surface area (Å²) >= 11 is 0. The fraction of sp³-hybridized carbons (Fsp3) is 0.583. The standard InChI is InChI=1S/C12H19NO/c1-4-5-6-13-8-11(10(2)3)7-12(13)9-14/h7-10H,4-6H2,1-3H3. The van der Waals surface area contributed by atoms with Crippen LogP contribution in [0.15, 0.2) is 12.3 Å². The fourth-order valence-electron chi connectivity index (χ4n) is 1.48. The first kappa shape index (κ1) is 11.0. The van der Waals surface area contributed by atoms with Crippen molar-refractivity contribution >= 4 is 6.29 Å². The minimum absolute atomic E-state index is 0.497. The summed E-state index contributed by atoms with van der Waals surface area (Å²) in [5, 5.41) is 0. The largest absolute Gasteiger partial charge is 0.345 e. The zero-order valence-corrected chi connectivity index (χ0v) is 9.29. The summed E-state index contributed by atoms with van der Waals surface area (Å²) in [5.74, 6) is 0.497. The molecule has 0 saturated heterocycles. The van der Waals surface area contributed by atoms with E-state index >= 15 is 0 Å². The zero-order chi connectivity index (χ0) is 10.6. The highest BCUT2D eigenvalue weighted by Crippen LogP contribution is 2.17. The summed E-state index contributed by atoms with van der Waals surface area (Å²) in [4.78, 5) is 10.8. The highest BCUT2D eigenvalue weighted by Gasteiger charge is 2.06. The van der Waals surface area contributed by atoms with E-state index in [1.807, 2.05) is 6.07 Å². The molecule has 0 aliphatic heterocycles. The first-order chi connectivity index (χ1) is 6.69. The second-order valence-corrected chi connectivity index (χ2v) is 4.02. The van der Waals surface area contributed by atoms with Crippen molar-refractivity contribution in [3.8, 4) is 0 Å². The number of unbranched alkanes of at least 4 members (excludes halogenated alkanes) is 1. The number of rotatable bonds is 5. The van der Waals surface area contributed by atoms with E-state index in [1.165, 1.54) is 5.56 Å². The van der Waals surface area contributed by atoms with Crippen molar-refractivity contribution in [2.24, 2.45) is 0 Å². The van der Waals surface area contributed by atoms with E-state index in [0.29, 0.717) is 5.92 Å². The second-order valence-electron chi connectivity index (χ2n) is 4.02. The maximum absolute atomic E-state index is 10.8. The number of aryl methyl sites for hydroxylation is 1. The third-order valence-electron chi connectivity index (χ3n) is 2.49. The molecule has 1 aromatic heterocycles. The molecule has 1 aromatic rings. The molecule has 0 bridgehead atoms. The summed E-state index contributed by atoms with van der Waals surface area (Å²) in [6, 6.07) is 1.99. The summed E-state index contributed by atoms with van der Waals surface area (Å²) in [6.07, 6.45) is 5.34. The van der Waals surface area contributed by atoms with Gasteiger partial charge in [-0.1, -0.05) is 27.2 Å². The molecule has 0 fully saturated rings. The Morgan fingerprint density at radius 1 is 1.50 bits per heavy atom. The number of hydrogen-bond donors (Lipinski definition) is 0. The van der Waals surface area contributed by atoms with Gasteiger partial charge in [0, 0.05) is 12.7 Å². The number of aldehydes is 1. The van der Waals surface area contributed by atoms with Gasteiger partial charge in [-0.25, -0.2) is 0 Å². The van der Waals surface area contributed by atoms with E-state index in [0.717, 1.165) is 31.4 Å². The SMILES string of the molecule is CCCCn1cc(C(C)C)cc1C=O. The molecule has 0 atom stereocenters. The number of carbonyl (C=O) groups excluding carboxylic acids is 1. The molecule has 0 spiro atoms. The third kappa shape index (κ3) is 2.47. The average molecular weight is 193 g/mol. The molecule has 0 amide bonds. The van der Waals surface area contributed by atoms with E-state index < -0.39 is 0 Å². The lowest BCUT2D eigenvalue weighted by Gasteiger charge is -2.03. The van der Waals surface area contributed by atoms with Crippen LogP contribution in [0.2, 0.25) is 0 Å². The zero-order valence-electron chi connectivity index (χ0n) is 9.29. The second kappa shape index (κ2) is 4.99. The molecular formula is C12H19NO. The maximum Gasteiger partial charge on any atom is 0.166 e. The minimum Gasteiger partial charge on any atom is -0.345 e. The lowest BCUT2D eigenvalue weighted by atomic mass is 10.1. The van der Waals surface area contributed by atoms with Crippen LogP contribution in [-0.2, 0) is 6.54 Å². The topological polar surface area (TPSA) is 22.0 Å². The van der Waals surface area contributed by atoms with Crippen molar-refractivity contribution in [3.63, 3.8) is 0 Å². The van der Waals surface area contributed by atoms with Gasteiger partial charge in [0.1, 0.15) is 0 Å². The summed E-state index contributed by atoms with van der Waals surface area (Å²) in [7, 11) is 0. The molecule has 2 heteroatoms. The van der Waals surface area contributed by atoms with Gasteiger partial charge in [0.25, 0.3) is 0 Å². The van der Waals surface area contributed by atoms with Crippen molar-refractivity contribution in [1.82, 2.24) is 4.57 Å². The lowest BCUT2D eigenvalue weighted by molar-refractivity contribution is 0.111. The molecule has 0 radical (unpaired) electrons. The van der Waals surface area contributed by atoms with E-state index in [1.54, 1.807) is 0 Å². The van der Waals surface area contributed by atoms with E-state index in [2.05, 4.69) is 31.5 Å². The van der Waals surface area contributed by atoms with Gasteiger partial charge < -0.3 is 4.57 Å². The Kier molecular flexibility index (Phi) is 3.93. The fourth-order valence-corrected chi connectivity index (χ4v) is 1.48. The number of nitrogens with zero attached hydrogens (tertiary/aromatic N) is 1. The maximum atomic E-state index is 10.8. The van der Waals surface area contributed by atoms with Gasteiger partial charge in [0.05, 0.1) is 5.69 Å². The highest BCUT2D eigenvalue weighted by atomic mass is 16.1. The molecule has 0 aliphatic rings. The molecule has 78 valence electrons. The summed E-state index contributed by atoms with van der Waals surface area (Å²) < 4.78 is 2.06. The van der Waals surface area contributed by atoms with Crippen LogP contribution < -0.4 is 0 Å². The van der Waals surface area contributed by atoms with Crippen LogP contribution in [-0.4, -0.2) is 10.9 Å². The summed E-state index contributed by atoms with van der Waals surface area (Å²) in [6.45, 7) is 7.41. The van der Waals surface area contributed by atoms with Crippen LogP contribution in [0, 0.1) is 0 Å². The number of aromatic nitrogens is 1. The Hall–Kier alpha value is -1.05. The average Bonchev–Trinajstić information content (AvgIpc) is 2.57. The Balaban J connectivity index is 2.84. The predicted octanol–water partition coefficient (Wildman–Crippen LogP) is 3.22. The number of carbonyl (C=O) groups is 1. The first-order valence-corrected chi connectivity index (χ1v) is 5.34. The molecule has 0 aliphatic carbocycles. The van der Waals surface area contributed by atoms with Gasteiger partial charge in [-0.3, -0.25) is 4.79 Å². The van der Waals surface area contributed by atoms with Crippen LogP contribution in [0.5, 0.6) is 0 Å². The molecule has 1 rings (SSSR count). The molecule has 0 saturated carbocycles. The number of hydrogen-bond acceptors (Lipinski definition) is 1. The van der Waals surface area contributed by atoms with Crippen LogP contribution in [0.3, 0.4) is 0 Å². The molecule has 1 heterocycles. The molecule has 0 unspecified atom stereocenters. The Morgan fingerprint density at radius 3 is 2.71 bits per heavy atom. The molecule has 0 N–H and O–H groups in total. The van der Waals surface area contributed by atoms with Gasteiger partial charge in [-0.15, -0.1) is 0 Å². The van der Waals surface area contributed by atoms with Crippen LogP contribution >= 0.6 is 0 Å². The third-order valence-corrected chi connectivity index (χ3v) is 2.49. The van der Waals surface area contributed by atoms with E-state index in [4.69, 9.17) is 0 Å². The smallest absolute Gasteiger partial charge is 0.166 e. The van der Waals surface area contributed by atoms with Gasteiger partial charge in [-0.2, -0.15) is 0 Å². The Bertz CT molecular complexity index is 299. The highest BCUT2D eigenvalue weighted by molar-refractivity contribution is 5.73. The molecule has 14 heavy (non-hydrogen) atoms.